The summed E-state index contributed by atoms with van der Waals surface area (Å²) in [6.07, 6.45) is 1.90. The van der Waals surface area contributed by atoms with Gasteiger partial charge in [-0.25, -0.2) is 4.98 Å². The summed E-state index contributed by atoms with van der Waals surface area (Å²) in [7, 11) is 0. The van der Waals surface area contributed by atoms with Crippen LogP contribution in [0.2, 0.25) is 0 Å². The number of hydrogen-bond acceptors (Lipinski definition) is 3. The van der Waals surface area contributed by atoms with Gasteiger partial charge in [0.15, 0.2) is 0 Å². The minimum absolute atomic E-state index is 0.213. The van der Waals surface area contributed by atoms with Crippen LogP contribution < -0.4 is 0 Å². The van der Waals surface area contributed by atoms with Gasteiger partial charge in [0.25, 0.3) is 0 Å². The van der Waals surface area contributed by atoms with Crippen LogP contribution in [0.25, 0.3) is 95.0 Å². The van der Waals surface area contributed by atoms with E-state index in [1.54, 1.807) is 0 Å². The van der Waals surface area contributed by atoms with Crippen molar-refractivity contribution in [2.24, 2.45) is 0 Å². The van der Waals surface area contributed by atoms with E-state index >= 15 is 0 Å². The van der Waals surface area contributed by atoms with E-state index in [4.69, 9.17) is 9.97 Å². The summed E-state index contributed by atoms with van der Waals surface area (Å²) >= 11 is 0. The molecule has 340 valence electrons. The third-order valence-electron chi connectivity index (χ3n) is 13.3. The van der Waals surface area contributed by atoms with Crippen molar-refractivity contribution in [2.45, 2.75) is 72.1 Å². The number of fused-ring (bicyclic) bond motifs is 1. The zero-order valence-electron chi connectivity index (χ0n) is 41.8. The Kier molecular flexibility index (Phi) is 11.4. The number of rotatable bonds is 9. The molecule has 0 amide bonds. The molecule has 0 bridgehead atoms. The molecule has 69 heavy (non-hydrogen) atoms. The summed E-state index contributed by atoms with van der Waals surface area (Å²) < 4.78 is 11.6. The van der Waals surface area contributed by atoms with Crippen LogP contribution in [-0.2, 0) is 10.8 Å². The van der Waals surface area contributed by atoms with E-state index in [0.717, 1.165) is 89.2 Å². The fraction of sp³-hybridized carbons (Fsp3) is 0.169. The van der Waals surface area contributed by atoms with Gasteiger partial charge in [0.1, 0.15) is 11.6 Å². The minimum Gasteiger partial charge on any atom is -0.507 e. The number of nitrogens with zero attached hydrogens (tertiary/aromatic N) is 3. The van der Waals surface area contributed by atoms with Gasteiger partial charge in [-0.15, -0.1) is 0 Å². The number of aromatic nitrogens is 3. The number of benzene rings is 8. The normalized spacial score (nSPS) is 12.3. The Morgan fingerprint density at radius 3 is 1.68 bits per heavy atom. The molecule has 0 saturated carbocycles. The number of hydrogen-bond donors (Lipinski definition) is 1. The standard InChI is InChI=1S/C65H59N3O/c1-42(2)56-41-53(31-32-54(56)47-23-16-11-17-24-47)68-60-26-18-25-55(61(60)67-63(68)57-39-52(64(3,4)5)40-58(62(57)69)65(6,7)8)50-35-49(44-21-14-10-15-22-44)36-51(37-50)59-38-48(33-34-66-59)46-29-27-45(28-30-46)43-19-12-9-13-20-43/h9-42,69H,1-8H3/i42D. The maximum atomic E-state index is 12.5. The van der Waals surface area contributed by atoms with Crippen molar-refractivity contribution in [1.29, 1.82) is 0 Å². The van der Waals surface area contributed by atoms with Crippen molar-refractivity contribution in [3.63, 3.8) is 0 Å². The molecular formula is C65H59N3O. The predicted molar refractivity (Wildman–Crippen MR) is 290 cm³/mol. The van der Waals surface area contributed by atoms with E-state index in [1.807, 2.05) is 50.4 Å². The van der Waals surface area contributed by atoms with Gasteiger partial charge in [0.2, 0.25) is 0 Å². The number of aromatic hydroxyl groups is 1. The average Bonchev–Trinajstić information content (AvgIpc) is 3.76. The second-order valence-electron chi connectivity index (χ2n) is 20.5. The van der Waals surface area contributed by atoms with Crippen molar-refractivity contribution < 1.29 is 6.48 Å². The number of phenols is 1. The zero-order chi connectivity index (χ0) is 49.0. The van der Waals surface area contributed by atoms with Crippen molar-refractivity contribution in [2.75, 3.05) is 0 Å². The molecule has 0 aliphatic carbocycles. The first-order valence-corrected chi connectivity index (χ1v) is 23.9. The van der Waals surface area contributed by atoms with Gasteiger partial charge in [-0.3, -0.25) is 9.55 Å². The van der Waals surface area contributed by atoms with Crippen molar-refractivity contribution >= 4 is 11.0 Å². The van der Waals surface area contributed by atoms with Crippen LogP contribution in [0, 0.1) is 0 Å². The zero-order valence-corrected chi connectivity index (χ0v) is 40.8. The third-order valence-corrected chi connectivity index (χ3v) is 13.3. The van der Waals surface area contributed by atoms with Crippen molar-refractivity contribution in [3.05, 3.63) is 217 Å². The van der Waals surface area contributed by atoms with Gasteiger partial charge in [-0.2, -0.15) is 0 Å². The molecule has 4 heteroatoms. The lowest BCUT2D eigenvalue weighted by Crippen LogP contribution is -2.17. The second-order valence-corrected chi connectivity index (χ2v) is 20.5. The number of para-hydroxylation sites is 1. The lowest BCUT2D eigenvalue weighted by Gasteiger charge is -2.27. The van der Waals surface area contributed by atoms with Gasteiger partial charge in [-0.05, 0) is 133 Å². The molecule has 0 unspecified atom stereocenters. The maximum Gasteiger partial charge on any atom is 0.149 e. The molecule has 0 spiro atoms. The smallest absolute Gasteiger partial charge is 0.149 e. The van der Waals surface area contributed by atoms with Crippen LogP contribution in [0.1, 0.15) is 79.3 Å². The largest absolute Gasteiger partial charge is 0.507 e. The Hall–Kier alpha value is -7.82. The van der Waals surface area contributed by atoms with E-state index in [-0.39, 0.29) is 16.6 Å². The van der Waals surface area contributed by atoms with Crippen LogP contribution in [0.4, 0.5) is 0 Å². The molecule has 0 atom stereocenters. The first kappa shape index (κ1) is 43.7. The van der Waals surface area contributed by atoms with Crippen LogP contribution in [0.15, 0.2) is 200 Å². The lowest BCUT2D eigenvalue weighted by molar-refractivity contribution is 0.446. The molecule has 2 heterocycles. The monoisotopic (exact) mass is 898 g/mol. The first-order valence-electron chi connectivity index (χ1n) is 24.4. The molecule has 2 aromatic heterocycles. The molecule has 0 saturated heterocycles. The molecule has 0 aliphatic heterocycles. The summed E-state index contributed by atoms with van der Waals surface area (Å²) in [5.74, 6) is -0.0821. The van der Waals surface area contributed by atoms with Gasteiger partial charge in [0, 0.05) is 29.9 Å². The first-order chi connectivity index (χ1) is 33.5. The summed E-state index contributed by atoms with van der Waals surface area (Å²) in [5.41, 5.74) is 18.1. The van der Waals surface area contributed by atoms with Crippen LogP contribution in [0.3, 0.4) is 0 Å². The number of phenolic OH excluding ortho intramolecular Hbond substituents is 1. The molecule has 0 fully saturated rings. The summed E-state index contributed by atoms with van der Waals surface area (Å²) in [6, 6.07) is 68.1. The fourth-order valence-electron chi connectivity index (χ4n) is 9.52. The topological polar surface area (TPSA) is 50.9 Å². The molecule has 10 aromatic rings. The Morgan fingerprint density at radius 1 is 0.478 bits per heavy atom. The van der Waals surface area contributed by atoms with Crippen LogP contribution >= 0.6 is 0 Å². The number of imidazole rings is 1. The van der Waals surface area contributed by atoms with Gasteiger partial charge in [-0.1, -0.05) is 195 Å². The summed E-state index contributed by atoms with van der Waals surface area (Å²) in [5, 5.41) is 12.5. The highest BCUT2D eigenvalue weighted by Gasteiger charge is 2.29. The van der Waals surface area contributed by atoms with Gasteiger partial charge >= 0.3 is 0 Å². The molecule has 0 aliphatic rings. The predicted octanol–water partition coefficient (Wildman–Crippen LogP) is 17.5. The lowest BCUT2D eigenvalue weighted by atomic mass is 9.79. The molecule has 4 nitrogen and oxygen atoms in total. The van der Waals surface area contributed by atoms with Crippen LogP contribution in [-0.4, -0.2) is 19.6 Å². The van der Waals surface area contributed by atoms with Gasteiger partial charge < -0.3 is 5.11 Å². The highest BCUT2D eigenvalue weighted by atomic mass is 16.3. The van der Waals surface area contributed by atoms with Gasteiger partial charge in [0.05, 0.1) is 22.3 Å². The molecule has 8 aromatic carbocycles. The Labute approximate surface area is 409 Å². The number of pyridine rings is 1. The highest BCUT2D eigenvalue weighted by molar-refractivity contribution is 5.98. The highest BCUT2D eigenvalue weighted by Crippen LogP contribution is 2.45. The third kappa shape index (κ3) is 8.91. The van der Waals surface area contributed by atoms with E-state index in [9.17, 15) is 6.48 Å². The Bertz CT molecular complexity index is 3520. The summed E-state index contributed by atoms with van der Waals surface area (Å²) in [4.78, 5) is 10.6. The average molecular weight is 899 g/mol. The van der Waals surface area contributed by atoms with E-state index in [0.29, 0.717) is 11.4 Å². The van der Waals surface area contributed by atoms with Crippen molar-refractivity contribution in [1.82, 2.24) is 14.5 Å². The molecule has 1 N–H and O–H groups in total. The van der Waals surface area contributed by atoms with Crippen molar-refractivity contribution in [3.8, 4) is 89.7 Å². The minimum atomic E-state index is -0.929. The molecule has 10 rings (SSSR count). The Balaban J connectivity index is 1.21. The summed E-state index contributed by atoms with van der Waals surface area (Å²) in [6.45, 7) is 17.0. The molecular weight excluding hydrogens is 839 g/mol. The second kappa shape index (κ2) is 18.0. The Morgan fingerprint density at radius 2 is 1.06 bits per heavy atom. The fourth-order valence-corrected chi connectivity index (χ4v) is 9.52. The van der Waals surface area contributed by atoms with E-state index in [1.165, 1.54) is 11.1 Å². The molecule has 0 radical (unpaired) electrons. The van der Waals surface area contributed by atoms with E-state index in [2.05, 4.69) is 210 Å². The maximum absolute atomic E-state index is 12.5. The van der Waals surface area contributed by atoms with E-state index < -0.39 is 5.89 Å². The SMILES string of the molecule is [2H]C(C)(C)c1cc(-n2c(-c3cc(C(C)(C)C)cc(C(C)(C)C)c3O)nc3c(-c4cc(-c5ccccc5)cc(-c5cc(-c6ccc(-c7ccccc7)cc6)ccn5)c4)cccc32)ccc1-c1ccccc1. The van der Waals surface area contributed by atoms with Crippen LogP contribution in [0.5, 0.6) is 5.75 Å². The quantitative estimate of drug-likeness (QED) is 0.157.